The maximum atomic E-state index is 5.80. The van der Waals surface area contributed by atoms with Crippen LogP contribution in [0.1, 0.15) is 30.8 Å². The number of nitrogens with zero attached hydrogens (tertiary/aromatic N) is 3. The largest absolute Gasteiger partial charge is 0.492 e. The highest BCUT2D eigenvalue weighted by molar-refractivity contribution is 5.27. The first-order chi connectivity index (χ1) is 10.1. The molecule has 0 fully saturated rings. The Balaban J connectivity index is 1.82. The molecule has 5 heteroatoms. The minimum absolute atomic E-state index is 0.255. The molecule has 2 rings (SSSR count). The maximum Gasteiger partial charge on any atom is 0.119 e. The zero-order chi connectivity index (χ0) is 15.2. The van der Waals surface area contributed by atoms with E-state index in [-0.39, 0.29) is 6.04 Å². The van der Waals surface area contributed by atoms with Crippen molar-refractivity contribution in [2.75, 3.05) is 6.61 Å². The monoisotopic (exact) mass is 288 g/mol. The molecule has 0 aliphatic heterocycles. The van der Waals surface area contributed by atoms with Gasteiger partial charge in [0.05, 0.1) is 11.4 Å². The summed E-state index contributed by atoms with van der Waals surface area (Å²) >= 11 is 0. The Kier molecular flexibility index (Phi) is 5.33. The van der Waals surface area contributed by atoms with Gasteiger partial charge in [-0.05, 0) is 45.4 Å². The highest BCUT2D eigenvalue weighted by Crippen LogP contribution is 2.12. The van der Waals surface area contributed by atoms with E-state index in [9.17, 15) is 0 Å². The van der Waals surface area contributed by atoms with Crippen LogP contribution in [-0.2, 0) is 13.1 Å². The Labute approximate surface area is 126 Å². The van der Waals surface area contributed by atoms with Gasteiger partial charge in [0.1, 0.15) is 12.4 Å². The Bertz CT molecular complexity index is 579. The lowest BCUT2D eigenvalue weighted by Gasteiger charge is -2.15. The Morgan fingerprint density at radius 1 is 1.33 bits per heavy atom. The first-order valence-electron chi connectivity index (χ1n) is 7.42. The quantitative estimate of drug-likeness (QED) is 0.850. The number of aromatic nitrogens is 3. The van der Waals surface area contributed by atoms with E-state index in [1.165, 1.54) is 5.56 Å². The van der Waals surface area contributed by atoms with Crippen molar-refractivity contribution in [1.82, 2.24) is 20.3 Å². The van der Waals surface area contributed by atoms with E-state index in [4.69, 9.17) is 4.74 Å². The normalized spacial score (nSPS) is 12.4. The van der Waals surface area contributed by atoms with Crippen LogP contribution in [0.2, 0.25) is 0 Å². The molecule has 5 nitrogen and oxygen atoms in total. The third kappa shape index (κ3) is 4.29. The molecule has 1 aromatic carbocycles. The van der Waals surface area contributed by atoms with Crippen LogP contribution in [-0.4, -0.2) is 27.6 Å². The third-order valence-electron chi connectivity index (χ3n) is 3.44. The van der Waals surface area contributed by atoms with Gasteiger partial charge in [0.15, 0.2) is 0 Å². The van der Waals surface area contributed by atoms with Gasteiger partial charge in [-0.2, -0.15) is 0 Å². The zero-order valence-electron chi connectivity index (χ0n) is 13.3. The first-order valence-corrected chi connectivity index (χ1v) is 7.42. The number of rotatable bonds is 7. The molecule has 1 heterocycles. The van der Waals surface area contributed by atoms with Gasteiger partial charge >= 0.3 is 0 Å². The van der Waals surface area contributed by atoms with Crippen molar-refractivity contribution < 1.29 is 4.74 Å². The van der Waals surface area contributed by atoms with Crippen LogP contribution in [0.5, 0.6) is 5.75 Å². The van der Waals surface area contributed by atoms with Crippen molar-refractivity contribution in [3.05, 3.63) is 41.2 Å². The molecule has 1 N–H and O–H groups in total. The third-order valence-corrected chi connectivity index (χ3v) is 3.44. The summed E-state index contributed by atoms with van der Waals surface area (Å²) in [7, 11) is 0. The lowest BCUT2D eigenvalue weighted by Crippen LogP contribution is -2.32. The molecule has 0 amide bonds. The molecule has 0 saturated carbocycles. The molecule has 0 saturated heterocycles. The van der Waals surface area contributed by atoms with Crippen molar-refractivity contribution in [2.45, 2.75) is 46.8 Å². The number of hydrogen-bond acceptors (Lipinski definition) is 4. The number of aryl methyl sites for hydroxylation is 3. The summed E-state index contributed by atoms with van der Waals surface area (Å²) in [4.78, 5) is 0. The number of hydrogen-bond donors (Lipinski definition) is 1. The van der Waals surface area contributed by atoms with Crippen LogP contribution in [0.25, 0.3) is 0 Å². The first kappa shape index (κ1) is 15.5. The maximum absolute atomic E-state index is 5.80. The topological polar surface area (TPSA) is 52.0 Å². The van der Waals surface area contributed by atoms with E-state index in [1.54, 1.807) is 0 Å². The van der Waals surface area contributed by atoms with Crippen LogP contribution in [0, 0.1) is 13.8 Å². The molecular weight excluding hydrogens is 264 g/mol. The zero-order valence-corrected chi connectivity index (χ0v) is 13.3. The fraction of sp³-hybridized carbons (Fsp3) is 0.500. The van der Waals surface area contributed by atoms with Gasteiger partial charge in [-0.3, -0.25) is 0 Å². The van der Waals surface area contributed by atoms with Gasteiger partial charge < -0.3 is 10.1 Å². The molecule has 0 spiro atoms. The van der Waals surface area contributed by atoms with E-state index in [1.807, 2.05) is 29.8 Å². The molecule has 0 bridgehead atoms. The molecule has 1 atom stereocenters. The minimum Gasteiger partial charge on any atom is -0.492 e. The molecule has 2 aromatic rings. The summed E-state index contributed by atoms with van der Waals surface area (Å²) in [6, 6.07) is 8.37. The predicted molar refractivity (Wildman–Crippen MR) is 83.4 cm³/mol. The molecule has 114 valence electrons. The van der Waals surface area contributed by atoms with Gasteiger partial charge in [0.2, 0.25) is 0 Å². The molecule has 1 aromatic heterocycles. The molecular formula is C16H24N4O. The van der Waals surface area contributed by atoms with Crippen LogP contribution < -0.4 is 10.1 Å². The number of ether oxygens (including phenoxy) is 1. The van der Waals surface area contributed by atoms with Crippen molar-refractivity contribution >= 4 is 0 Å². The van der Waals surface area contributed by atoms with Crippen LogP contribution in [0.4, 0.5) is 0 Å². The van der Waals surface area contributed by atoms with Gasteiger partial charge in [0, 0.05) is 19.1 Å². The Morgan fingerprint density at radius 2 is 2.14 bits per heavy atom. The molecule has 0 radical (unpaired) electrons. The smallest absolute Gasteiger partial charge is 0.119 e. The summed E-state index contributed by atoms with van der Waals surface area (Å²) in [5, 5.41) is 11.7. The Hall–Kier alpha value is -1.88. The van der Waals surface area contributed by atoms with E-state index in [0.29, 0.717) is 6.61 Å². The second kappa shape index (κ2) is 7.22. The van der Waals surface area contributed by atoms with E-state index < -0.39 is 0 Å². The predicted octanol–water partition coefficient (Wildman–Crippen LogP) is 2.47. The lowest BCUT2D eigenvalue weighted by atomic mass is 10.2. The van der Waals surface area contributed by atoms with Crippen LogP contribution in [0.3, 0.4) is 0 Å². The summed E-state index contributed by atoms with van der Waals surface area (Å²) < 4.78 is 7.73. The average molecular weight is 288 g/mol. The standard InChI is InChI=1S/C16H24N4O/c1-5-20-16(14(4)18-19-20)10-17-13(3)11-21-15-8-6-7-12(2)9-15/h6-9,13,17H,5,10-11H2,1-4H3/t13-/m0/s1. The highest BCUT2D eigenvalue weighted by atomic mass is 16.5. The average Bonchev–Trinajstić information content (AvgIpc) is 2.83. The van der Waals surface area contributed by atoms with E-state index >= 15 is 0 Å². The van der Waals surface area contributed by atoms with Crippen molar-refractivity contribution in [3.63, 3.8) is 0 Å². The SMILES string of the molecule is CCn1nnc(C)c1CN[C@@H](C)COc1cccc(C)c1. The molecule has 0 aliphatic carbocycles. The summed E-state index contributed by atoms with van der Waals surface area (Å²) in [5.41, 5.74) is 3.33. The Morgan fingerprint density at radius 3 is 2.86 bits per heavy atom. The van der Waals surface area contributed by atoms with Crippen molar-refractivity contribution in [2.24, 2.45) is 0 Å². The van der Waals surface area contributed by atoms with Gasteiger partial charge in [-0.1, -0.05) is 17.3 Å². The van der Waals surface area contributed by atoms with Gasteiger partial charge in [0.25, 0.3) is 0 Å². The van der Waals surface area contributed by atoms with E-state index in [0.717, 1.165) is 30.2 Å². The van der Waals surface area contributed by atoms with E-state index in [2.05, 4.69) is 42.5 Å². The van der Waals surface area contributed by atoms with Gasteiger partial charge in [-0.25, -0.2) is 4.68 Å². The van der Waals surface area contributed by atoms with Gasteiger partial charge in [-0.15, -0.1) is 5.10 Å². The highest BCUT2D eigenvalue weighted by Gasteiger charge is 2.10. The van der Waals surface area contributed by atoms with Crippen LogP contribution >= 0.6 is 0 Å². The minimum atomic E-state index is 0.255. The second-order valence-corrected chi connectivity index (χ2v) is 5.35. The summed E-state index contributed by atoms with van der Waals surface area (Å²) in [6.45, 7) is 10.5. The summed E-state index contributed by atoms with van der Waals surface area (Å²) in [6.07, 6.45) is 0. The second-order valence-electron chi connectivity index (χ2n) is 5.35. The fourth-order valence-electron chi connectivity index (χ4n) is 2.15. The molecule has 21 heavy (non-hydrogen) atoms. The van der Waals surface area contributed by atoms with Crippen LogP contribution in [0.15, 0.2) is 24.3 Å². The molecule has 0 unspecified atom stereocenters. The lowest BCUT2D eigenvalue weighted by molar-refractivity contribution is 0.271. The molecule has 0 aliphatic rings. The summed E-state index contributed by atoms with van der Waals surface area (Å²) in [5.74, 6) is 0.917. The number of nitrogens with one attached hydrogen (secondary N) is 1. The van der Waals surface area contributed by atoms with Crippen molar-refractivity contribution in [3.8, 4) is 5.75 Å². The fourth-order valence-corrected chi connectivity index (χ4v) is 2.15. The van der Waals surface area contributed by atoms with Crippen molar-refractivity contribution in [1.29, 1.82) is 0 Å². The number of benzene rings is 1.